The van der Waals surface area contributed by atoms with Gasteiger partial charge in [-0.05, 0) is 23.8 Å². The standard InChI is InChI=1S/C16H12F3NO4/c17-16(18,19)12-6-11(14(21)22)7-13(8-12)20-15(23)24-9-10-4-2-1-3-5-10/h1-8H,9H2,(H,20,23)(H,21,22). The molecule has 0 aliphatic rings. The van der Waals surface area contributed by atoms with E-state index in [1.807, 2.05) is 0 Å². The minimum absolute atomic E-state index is 0.0720. The van der Waals surface area contributed by atoms with Crippen LogP contribution in [0.3, 0.4) is 0 Å². The molecular formula is C16H12F3NO4. The summed E-state index contributed by atoms with van der Waals surface area (Å²) in [6.45, 7) is -0.0720. The molecule has 0 aromatic heterocycles. The van der Waals surface area contributed by atoms with Crippen LogP contribution in [0.5, 0.6) is 0 Å². The smallest absolute Gasteiger partial charge is 0.416 e. The average Bonchev–Trinajstić information content (AvgIpc) is 2.53. The van der Waals surface area contributed by atoms with E-state index in [0.29, 0.717) is 17.7 Å². The molecule has 2 rings (SSSR count). The number of nitrogens with one attached hydrogen (secondary N) is 1. The first-order chi connectivity index (χ1) is 11.3. The number of carboxylic acids is 1. The predicted octanol–water partition coefficient (Wildman–Crippen LogP) is 4.15. The number of alkyl halides is 3. The van der Waals surface area contributed by atoms with E-state index in [2.05, 4.69) is 5.32 Å². The van der Waals surface area contributed by atoms with E-state index < -0.39 is 29.4 Å². The van der Waals surface area contributed by atoms with Crippen molar-refractivity contribution >= 4 is 17.7 Å². The van der Waals surface area contributed by atoms with Gasteiger partial charge in [-0.25, -0.2) is 9.59 Å². The van der Waals surface area contributed by atoms with Crippen LogP contribution in [0.25, 0.3) is 0 Å². The lowest BCUT2D eigenvalue weighted by Crippen LogP contribution is -2.15. The van der Waals surface area contributed by atoms with Crippen LogP contribution in [0.2, 0.25) is 0 Å². The van der Waals surface area contributed by atoms with E-state index in [4.69, 9.17) is 9.84 Å². The van der Waals surface area contributed by atoms with Gasteiger partial charge in [-0.3, -0.25) is 5.32 Å². The summed E-state index contributed by atoms with van der Waals surface area (Å²) in [7, 11) is 0. The number of carbonyl (C=O) groups excluding carboxylic acids is 1. The molecule has 2 aromatic carbocycles. The molecule has 0 saturated heterocycles. The van der Waals surface area contributed by atoms with Crippen LogP contribution < -0.4 is 5.32 Å². The highest BCUT2D eigenvalue weighted by Gasteiger charge is 2.32. The van der Waals surface area contributed by atoms with Gasteiger partial charge in [0.05, 0.1) is 11.1 Å². The molecule has 0 aliphatic heterocycles. The molecule has 126 valence electrons. The van der Waals surface area contributed by atoms with E-state index >= 15 is 0 Å². The van der Waals surface area contributed by atoms with Crippen molar-refractivity contribution in [3.8, 4) is 0 Å². The summed E-state index contributed by atoms with van der Waals surface area (Å²) in [6.07, 6.45) is -5.73. The molecule has 0 saturated carbocycles. The van der Waals surface area contributed by atoms with Gasteiger partial charge in [-0.15, -0.1) is 0 Å². The normalized spacial score (nSPS) is 11.0. The molecule has 0 unspecified atom stereocenters. The first-order valence-electron chi connectivity index (χ1n) is 6.69. The maximum Gasteiger partial charge on any atom is 0.416 e. The number of hydrogen-bond acceptors (Lipinski definition) is 3. The van der Waals surface area contributed by atoms with Gasteiger partial charge >= 0.3 is 18.2 Å². The van der Waals surface area contributed by atoms with Gasteiger partial charge in [0, 0.05) is 5.69 Å². The van der Waals surface area contributed by atoms with Crippen molar-refractivity contribution < 1.29 is 32.6 Å². The molecule has 1 amide bonds. The van der Waals surface area contributed by atoms with Gasteiger partial charge < -0.3 is 9.84 Å². The number of carboxylic acid groups (broad SMARTS) is 1. The Morgan fingerprint density at radius 2 is 1.75 bits per heavy atom. The third-order valence-corrected chi connectivity index (χ3v) is 2.97. The van der Waals surface area contributed by atoms with Crippen LogP contribution in [0.4, 0.5) is 23.7 Å². The lowest BCUT2D eigenvalue weighted by atomic mass is 10.1. The Labute approximate surface area is 134 Å². The van der Waals surface area contributed by atoms with Crippen molar-refractivity contribution in [1.82, 2.24) is 0 Å². The maximum absolute atomic E-state index is 12.8. The zero-order valence-corrected chi connectivity index (χ0v) is 12.1. The summed E-state index contributed by atoms with van der Waals surface area (Å²) >= 11 is 0. The summed E-state index contributed by atoms with van der Waals surface area (Å²) in [4.78, 5) is 22.6. The zero-order valence-electron chi connectivity index (χ0n) is 12.1. The molecular weight excluding hydrogens is 327 g/mol. The lowest BCUT2D eigenvalue weighted by molar-refractivity contribution is -0.137. The third-order valence-electron chi connectivity index (χ3n) is 2.97. The third kappa shape index (κ3) is 4.73. The Kier molecular flexibility index (Phi) is 5.08. The highest BCUT2D eigenvalue weighted by Crippen LogP contribution is 2.32. The van der Waals surface area contributed by atoms with E-state index in [1.54, 1.807) is 30.3 Å². The number of amides is 1. The van der Waals surface area contributed by atoms with Gasteiger partial charge in [0.25, 0.3) is 0 Å². The summed E-state index contributed by atoms with van der Waals surface area (Å²) in [5.41, 5.74) is -1.40. The highest BCUT2D eigenvalue weighted by atomic mass is 19.4. The maximum atomic E-state index is 12.8. The summed E-state index contributed by atoms with van der Waals surface area (Å²) < 4.78 is 43.2. The van der Waals surface area contributed by atoms with Crippen LogP contribution >= 0.6 is 0 Å². The number of halogens is 3. The number of rotatable bonds is 4. The molecule has 8 heteroatoms. The Hall–Kier alpha value is -3.03. The van der Waals surface area contributed by atoms with Crippen LogP contribution in [-0.4, -0.2) is 17.2 Å². The Bertz CT molecular complexity index is 745. The second-order valence-electron chi connectivity index (χ2n) is 4.79. The Balaban J connectivity index is 2.11. The van der Waals surface area contributed by atoms with E-state index in [0.717, 1.165) is 6.07 Å². The average molecular weight is 339 g/mol. The Morgan fingerprint density at radius 1 is 1.08 bits per heavy atom. The molecule has 0 heterocycles. The number of hydrogen-bond donors (Lipinski definition) is 2. The molecule has 0 aliphatic carbocycles. The van der Waals surface area contributed by atoms with Crippen LogP contribution in [0, 0.1) is 0 Å². The van der Waals surface area contributed by atoms with Gasteiger partial charge in [0.1, 0.15) is 6.61 Å². The minimum atomic E-state index is -4.74. The SMILES string of the molecule is O=C(Nc1cc(C(=O)O)cc(C(F)(F)F)c1)OCc1ccccc1. The number of benzene rings is 2. The quantitative estimate of drug-likeness (QED) is 0.877. The first kappa shape index (κ1) is 17.3. The Morgan fingerprint density at radius 3 is 2.33 bits per heavy atom. The summed E-state index contributed by atoms with van der Waals surface area (Å²) in [5, 5.41) is 11.0. The topological polar surface area (TPSA) is 75.6 Å². The largest absolute Gasteiger partial charge is 0.478 e. The molecule has 0 bridgehead atoms. The van der Waals surface area contributed by atoms with Crippen LogP contribution in [-0.2, 0) is 17.5 Å². The van der Waals surface area contributed by atoms with E-state index in [-0.39, 0.29) is 12.3 Å². The number of ether oxygens (including phenoxy) is 1. The molecule has 5 nitrogen and oxygen atoms in total. The fourth-order valence-corrected chi connectivity index (χ4v) is 1.86. The fraction of sp³-hybridized carbons (Fsp3) is 0.125. The second-order valence-corrected chi connectivity index (χ2v) is 4.79. The fourth-order valence-electron chi connectivity index (χ4n) is 1.86. The first-order valence-corrected chi connectivity index (χ1v) is 6.69. The van der Waals surface area contributed by atoms with Crippen LogP contribution in [0.1, 0.15) is 21.5 Å². The van der Waals surface area contributed by atoms with E-state index in [9.17, 15) is 22.8 Å². The minimum Gasteiger partial charge on any atom is -0.478 e. The summed E-state index contributed by atoms with van der Waals surface area (Å²) in [5.74, 6) is -1.54. The molecule has 0 spiro atoms. The zero-order chi connectivity index (χ0) is 17.7. The second kappa shape index (κ2) is 7.03. The van der Waals surface area contributed by atoms with Crippen molar-refractivity contribution in [2.45, 2.75) is 12.8 Å². The van der Waals surface area contributed by atoms with Gasteiger partial charge in [-0.2, -0.15) is 13.2 Å². The van der Waals surface area contributed by atoms with Crippen molar-refractivity contribution in [2.24, 2.45) is 0 Å². The molecule has 24 heavy (non-hydrogen) atoms. The van der Waals surface area contributed by atoms with Crippen molar-refractivity contribution in [2.75, 3.05) is 5.32 Å². The number of carbonyl (C=O) groups is 2. The molecule has 2 aromatic rings. The van der Waals surface area contributed by atoms with E-state index in [1.165, 1.54) is 0 Å². The summed E-state index contributed by atoms with van der Waals surface area (Å²) in [6, 6.07) is 10.7. The van der Waals surface area contributed by atoms with Gasteiger partial charge in [0.2, 0.25) is 0 Å². The van der Waals surface area contributed by atoms with Crippen LogP contribution in [0.15, 0.2) is 48.5 Å². The molecule has 0 radical (unpaired) electrons. The molecule has 0 atom stereocenters. The monoisotopic (exact) mass is 339 g/mol. The van der Waals surface area contributed by atoms with Gasteiger partial charge in [0.15, 0.2) is 0 Å². The number of anilines is 1. The predicted molar refractivity (Wildman–Crippen MR) is 78.7 cm³/mol. The van der Waals surface area contributed by atoms with Crippen molar-refractivity contribution in [3.05, 3.63) is 65.2 Å². The highest BCUT2D eigenvalue weighted by molar-refractivity contribution is 5.91. The lowest BCUT2D eigenvalue weighted by Gasteiger charge is -2.12. The van der Waals surface area contributed by atoms with Gasteiger partial charge in [-0.1, -0.05) is 30.3 Å². The van der Waals surface area contributed by atoms with Crippen molar-refractivity contribution in [1.29, 1.82) is 0 Å². The molecule has 2 N–H and O–H groups in total. The number of aromatic carboxylic acids is 1. The molecule has 0 fully saturated rings. The van der Waals surface area contributed by atoms with Crippen molar-refractivity contribution in [3.63, 3.8) is 0 Å².